The zero-order valence-electron chi connectivity index (χ0n) is 15.7. The van der Waals surface area contributed by atoms with Crippen molar-refractivity contribution in [1.82, 2.24) is 15.1 Å². The van der Waals surface area contributed by atoms with E-state index in [1.807, 2.05) is 30.3 Å². The van der Waals surface area contributed by atoms with Crippen LogP contribution in [-0.4, -0.2) is 79.3 Å². The van der Waals surface area contributed by atoms with Crippen LogP contribution < -0.4 is 5.32 Å². The first-order valence-corrected chi connectivity index (χ1v) is 9.70. The van der Waals surface area contributed by atoms with E-state index in [4.69, 9.17) is 4.74 Å². The summed E-state index contributed by atoms with van der Waals surface area (Å²) in [4.78, 5) is 28.6. The summed E-state index contributed by atoms with van der Waals surface area (Å²) in [6.07, 6.45) is 0.865. The topological polar surface area (TPSA) is 82.1 Å². The maximum absolute atomic E-state index is 12.6. The van der Waals surface area contributed by atoms with Crippen molar-refractivity contribution in [3.8, 4) is 0 Å². The van der Waals surface area contributed by atoms with E-state index in [-0.39, 0.29) is 5.91 Å². The van der Waals surface area contributed by atoms with Crippen molar-refractivity contribution >= 4 is 11.9 Å². The van der Waals surface area contributed by atoms with Gasteiger partial charge in [-0.15, -0.1) is 0 Å². The van der Waals surface area contributed by atoms with E-state index in [1.165, 1.54) is 0 Å². The highest BCUT2D eigenvalue weighted by atomic mass is 16.5. The molecule has 2 fully saturated rings. The van der Waals surface area contributed by atoms with Gasteiger partial charge in [0.1, 0.15) is 0 Å². The summed E-state index contributed by atoms with van der Waals surface area (Å²) >= 11 is 0. The number of amides is 1. The first-order chi connectivity index (χ1) is 13.1. The van der Waals surface area contributed by atoms with Crippen LogP contribution in [0.4, 0.5) is 0 Å². The van der Waals surface area contributed by atoms with Gasteiger partial charge in [0.05, 0.1) is 25.0 Å². The second kappa shape index (κ2) is 9.82. The predicted octanol–water partition coefficient (Wildman–Crippen LogP) is 0.658. The molecular formula is C20H29N3O4. The highest BCUT2D eigenvalue weighted by Crippen LogP contribution is 2.25. The minimum atomic E-state index is -0.890. The molecule has 1 aromatic carbocycles. The van der Waals surface area contributed by atoms with Crippen molar-refractivity contribution in [1.29, 1.82) is 0 Å². The van der Waals surface area contributed by atoms with Crippen molar-refractivity contribution < 1.29 is 19.4 Å². The van der Waals surface area contributed by atoms with Crippen molar-refractivity contribution in [3.63, 3.8) is 0 Å². The summed E-state index contributed by atoms with van der Waals surface area (Å²) in [5.41, 5.74) is 1.13. The van der Waals surface area contributed by atoms with Crippen molar-refractivity contribution in [2.45, 2.75) is 13.0 Å². The second-order valence-electron chi connectivity index (χ2n) is 7.33. The standard InChI is InChI=1S/C20H29N3O4/c24-19(21-7-4-8-22-9-11-27-12-10-22)17-14-23(15-18(17)20(25)26)13-16-5-2-1-3-6-16/h1-3,5-6,17-18H,4,7-15H2,(H,21,24)(H,25,26)/t17-,18+/m0/s1. The maximum atomic E-state index is 12.6. The Morgan fingerprint density at radius 1 is 1.07 bits per heavy atom. The van der Waals surface area contributed by atoms with Gasteiger partial charge in [0.2, 0.25) is 5.91 Å². The smallest absolute Gasteiger partial charge is 0.308 e. The van der Waals surface area contributed by atoms with Gasteiger partial charge < -0.3 is 15.2 Å². The van der Waals surface area contributed by atoms with Gasteiger partial charge >= 0.3 is 5.97 Å². The van der Waals surface area contributed by atoms with Crippen LogP contribution in [0, 0.1) is 11.8 Å². The zero-order chi connectivity index (χ0) is 19.1. The highest BCUT2D eigenvalue weighted by Gasteiger charge is 2.41. The predicted molar refractivity (Wildman–Crippen MR) is 101 cm³/mol. The van der Waals surface area contributed by atoms with Gasteiger partial charge in [-0.2, -0.15) is 0 Å². The molecule has 2 heterocycles. The quantitative estimate of drug-likeness (QED) is 0.650. The molecule has 0 bridgehead atoms. The van der Waals surface area contributed by atoms with Crippen LogP contribution >= 0.6 is 0 Å². The second-order valence-corrected chi connectivity index (χ2v) is 7.33. The largest absolute Gasteiger partial charge is 0.481 e. The first-order valence-electron chi connectivity index (χ1n) is 9.70. The Labute approximate surface area is 160 Å². The SMILES string of the molecule is O=C(NCCCN1CCOCC1)[C@H]1CN(Cc2ccccc2)C[C@H]1C(=O)O. The molecular weight excluding hydrogens is 346 g/mol. The fourth-order valence-electron chi connectivity index (χ4n) is 3.84. The van der Waals surface area contributed by atoms with Gasteiger partial charge in [-0.05, 0) is 18.5 Å². The third-order valence-electron chi connectivity index (χ3n) is 5.35. The number of carboxylic acids is 1. The summed E-state index contributed by atoms with van der Waals surface area (Å²) in [6.45, 7) is 6.49. The van der Waals surface area contributed by atoms with E-state index in [1.54, 1.807) is 0 Å². The van der Waals surface area contributed by atoms with Crippen LogP contribution in [0.15, 0.2) is 30.3 Å². The van der Waals surface area contributed by atoms with E-state index in [0.717, 1.165) is 44.8 Å². The number of likely N-dealkylation sites (tertiary alicyclic amines) is 1. The molecule has 2 aliphatic heterocycles. The lowest BCUT2D eigenvalue weighted by atomic mass is 9.95. The Morgan fingerprint density at radius 3 is 2.48 bits per heavy atom. The summed E-state index contributed by atoms with van der Waals surface area (Å²) in [7, 11) is 0. The Morgan fingerprint density at radius 2 is 1.78 bits per heavy atom. The van der Waals surface area contributed by atoms with Gasteiger partial charge in [-0.25, -0.2) is 0 Å². The number of rotatable bonds is 8. The molecule has 0 spiro atoms. The molecule has 7 nitrogen and oxygen atoms in total. The molecule has 2 atom stereocenters. The van der Waals surface area contributed by atoms with Crippen LogP contribution in [0.5, 0.6) is 0 Å². The molecule has 7 heteroatoms. The summed E-state index contributed by atoms with van der Waals surface area (Å²) in [6, 6.07) is 9.95. The van der Waals surface area contributed by atoms with E-state index in [9.17, 15) is 14.7 Å². The fraction of sp³-hybridized carbons (Fsp3) is 0.600. The molecule has 0 radical (unpaired) electrons. The third-order valence-corrected chi connectivity index (χ3v) is 5.35. The van der Waals surface area contributed by atoms with E-state index >= 15 is 0 Å². The van der Waals surface area contributed by atoms with Crippen LogP contribution in [0.2, 0.25) is 0 Å². The molecule has 1 aromatic rings. The Hall–Kier alpha value is -1.96. The number of benzene rings is 1. The molecule has 27 heavy (non-hydrogen) atoms. The van der Waals surface area contributed by atoms with Crippen molar-refractivity contribution in [2.24, 2.45) is 11.8 Å². The number of morpholine rings is 1. The van der Waals surface area contributed by atoms with E-state index in [0.29, 0.717) is 26.2 Å². The number of hydrogen-bond acceptors (Lipinski definition) is 5. The summed E-state index contributed by atoms with van der Waals surface area (Å²) in [5, 5.41) is 12.5. The highest BCUT2D eigenvalue weighted by molar-refractivity contribution is 5.85. The van der Waals surface area contributed by atoms with Gasteiger partial charge in [0.25, 0.3) is 0 Å². The van der Waals surface area contributed by atoms with Gasteiger partial charge in [-0.1, -0.05) is 30.3 Å². The van der Waals surface area contributed by atoms with Gasteiger partial charge in [0, 0.05) is 39.3 Å². The normalized spacial score (nSPS) is 24.0. The summed E-state index contributed by atoms with van der Waals surface area (Å²) in [5.74, 6) is -2.17. The van der Waals surface area contributed by atoms with Crippen LogP contribution in [-0.2, 0) is 20.9 Å². The lowest BCUT2D eigenvalue weighted by Gasteiger charge is -2.26. The Kier molecular flexibility index (Phi) is 7.20. The van der Waals surface area contributed by atoms with E-state index < -0.39 is 17.8 Å². The number of carbonyl (C=O) groups is 2. The number of hydrogen-bond donors (Lipinski definition) is 2. The molecule has 148 valence electrons. The molecule has 2 N–H and O–H groups in total. The minimum Gasteiger partial charge on any atom is -0.481 e. The average Bonchev–Trinajstić information content (AvgIpc) is 3.11. The first kappa shape index (κ1) is 19.8. The molecule has 0 unspecified atom stereocenters. The number of carboxylic acid groups (broad SMARTS) is 1. The molecule has 2 saturated heterocycles. The van der Waals surface area contributed by atoms with Gasteiger partial charge in [0.15, 0.2) is 0 Å². The molecule has 0 aliphatic carbocycles. The molecule has 0 saturated carbocycles. The Bertz CT molecular complexity index is 619. The minimum absolute atomic E-state index is 0.139. The average molecular weight is 375 g/mol. The number of carbonyl (C=O) groups excluding carboxylic acids is 1. The monoisotopic (exact) mass is 375 g/mol. The molecule has 1 amide bonds. The van der Waals surface area contributed by atoms with Crippen LogP contribution in [0.3, 0.4) is 0 Å². The molecule has 3 rings (SSSR count). The third kappa shape index (κ3) is 5.76. The number of aliphatic carboxylic acids is 1. The lowest BCUT2D eigenvalue weighted by molar-refractivity contribution is -0.145. The van der Waals surface area contributed by atoms with Crippen LogP contribution in [0.1, 0.15) is 12.0 Å². The van der Waals surface area contributed by atoms with Crippen LogP contribution in [0.25, 0.3) is 0 Å². The van der Waals surface area contributed by atoms with E-state index in [2.05, 4.69) is 15.1 Å². The number of nitrogens with one attached hydrogen (secondary N) is 1. The number of nitrogens with zero attached hydrogens (tertiary/aromatic N) is 2. The zero-order valence-corrected chi connectivity index (χ0v) is 15.7. The Balaban J connectivity index is 1.45. The van der Waals surface area contributed by atoms with Crippen molar-refractivity contribution in [3.05, 3.63) is 35.9 Å². The molecule has 2 aliphatic rings. The maximum Gasteiger partial charge on any atom is 0.308 e. The lowest BCUT2D eigenvalue weighted by Crippen LogP contribution is -2.40. The molecule has 0 aromatic heterocycles. The summed E-state index contributed by atoms with van der Waals surface area (Å²) < 4.78 is 5.33. The van der Waals surface area contributed by atoms with Crippen molar-refractivity contribution in [2.75, 3.05) is 52.5 Å². The number of ether oxygens (including phenoxy) is 1. The van der Waals surface area contributed by atoms with Gasteiger partial charge in [-0.3, -0.25) is 19.4 Å². The fourth-order valence-corrected chi connectivity index (χ4v) is 3.84.